The highest BCUT2D eigenvalue weighted by Gasteiger charge is 2.34. The molecule has 11 heteroatoms. The second-order valence-corrected chi connectivity index (χ2v) is 10.6. The lowest BCUT2D eigenvalue weighted by molar-refractivity contribution is -0.140. The van der Waals surface area contributed by atoms with Gasteiger partial charge in [-0.15, -0.1) is 0 Å². The van der Waals surface area contributed by atoms with Crippen molar-refractivity contribution in [3.05, 3.63) is 64.9 Å². The molecule has 2 amide bonds. The SMILES string of the molecule is CCCNC(=O)[C@H](CC)N(Cc1ccc(Cl)cc1)C(=O)CN(c1ccccc1F)S(=O)(=O)N(C)C. The molecule has 0 bridgehead atoms. The summed E-state index contributed by atoms with van der Waals surface area (Å²) >= 11 is 5.98. The van der Waals surface area contributed by atoms with Crippen LogP contribution in [0.25, 0.3) is 0 Å². The molecular weight excluding hydrogens is 495 g/mol. The van der Waals surface area contributed by atoms with Gasteiger partial charge in [-0.05, 0) is 42.7 Å². The highest BCUT2D eigenvalue weighted by molar-refractivity contribution is 7.90. The molecule has 1 atom stereocenters. The number of carbonyl (C=O) groups is 2. The Morgan fingerprint density at radius 2 is 1.69 bits per heavy atom. The standard InChI is InChI=1S/C24H32ClFN4O4S/c1-5-15-27-24(32)21(6-2)29(16-18-11-13-19(25)14-12-18)23(31)17-30(35(33,34)28(3)4)22-10-8-7-9-20(22)26/h7-14,21H,5-6,15-17H2,1-4H3,(H,27,32)/t21-/m0/s1. The molecular formula is C24H32ClFN4O4S. The van der Waals surface area contributed by atoms with Gasteiger partial charge in [-0.1, -0.05) is 49.7 Å². The van der Waals surface area contributed by atoms with Gasteiger partial charge in [0.15, 0.2) is 0 Å². The summed E-state index contributed by atoms with van der Waals surface area (Å²) in [7, 11) is -1.63. The zero-order valence-electron chi connectivity index (χ0n) is 20.4. The lowest BCUT2D eigenvalue weighted by atomic mass is 10.1. The van der Waals surface area contributed by atoms with Crippen molar-refractivity contribution in [2.24, 2.45) is 0 Å². The maximum Gasteiger partial charge on any atom is 0.304 e. The largest absolute Gasteiger partial charge is 0.354 e. The molecule has 2 aromatic rings. The minimum atomic E-state index is -4.23. The van der Waals surface area contributed by atoms with Gasteiger partial charge in [-0.3, -0.25) is 9.59 Å². The second kappa shape index (κ2) is 12.9. The number of hydrogen-bond donors (Lipinski definition) is 1. The van der Waals surface area contributed by atoms with Gasteiger partial charge in [-0.25, -0.2) is 8.70 Å². The second-order valence-electron chi connectivity index (χ2n) is 8.11. The highest BCUT2D eigenvalue weighted by atomic mass is 35.5. The van der Waals surface area contributed by atoms with Crippen molar-refractivity contribution in [3.63, 3.8) is 0 Å². The van der Waals surface area contributed by atoms with Crippen LogP contribution in [0, 0.1) is 5.82 Å². The first-order valence-corrected chi connectivity index (χ1v) is 13.1. The van der Waals surface area contributed by atoms with Crippen LogP contribution in [-0.4, -0.2) is 62.7 Å². The first-order chi connectivity index (χ1) is 16.5. The Morgan fingerprint density at radius 1 is 1.06 bits per heavy atom. The minimum absolute atomic E-state index is 0.0428. The Morgan fingerprint density at radius 3 is 2.23 bits per heavy atom. The van der Waals surface area contributed by atoms with Gasteiger partial charge >= 0.3 is 10.2 Å². The Kier molecular flexibility index (Phi) is 10.5. The number of amides is 2. The van der Waals surface area contributed by atoms with Crippen molar-refractivity contribution in [1.29, 1.82) is 0 Å². The number of nitrogens with zero attached hydrogens (tertiary/aromatic N) is 3. The third kappa shape index (κ3) is 7.39. The zero-order valence-corrected chi connectivity index (χ0v) is 21.9. The maximum absolute atomic E-state index is 14.6. The fourth-order valence-corrected chi connectivity index (χ4v) is 4.62. The molecule has 0 fully saturated rings. The van der Waals surface area contributed by atoms with Crippen LogP contribution in [0.2, 0.25) is 5.02 Å². The summed E-state index contributed by atoms with van der Waals surface area (Å²) in [5, 5.41) is 3.32. The smallest absolute Gasteiger partial charge is 0.304 e. The number of carbonyl (C=O) groups excluding carboxylic acids is 2. The molecule has 0 saturated heterocycles. The highest BCUT2D eigenvalue weighted by Crippen LogP contribution is 2.24. The molecule has 0 unspecified atom stereocenters. The van der Waals surface area contributed by atoms with Gasteiger partial charge in [0.2, 0.25) is 11.8 Å². The molecule has 8 nitrogen and oxygen atoms in total. The summed E-state index contributed by atoms with van der Waals surface area (Å²) < 4.78 is 42.4. The quantitative estimate of drug-likeness (QED) is 0.459. The molecule has 1 N–H and O–H groups in total. The predicted molar refractivity (Wildman–Crippen MR) is 136 cm³/mol. The average Bonchev–Trinajstić information content (AvgIpc) is 2.82. The van der Waals surface area contributed by atoms with Gasteiger partial charge in [0, 0.05) is 32.2 Å². The van der Waals surface area contributed by atoms with Crippen LogP contribution in [0.1, 0.15) is 32.3 Å². The van der Waals surface area contributed by atoms with Crippen molar-refractivity contribution in [2.45, 2.75) is 39.3 Å². The first kappa shape index (κ1) is 28.5. The monoisotopic (exact) mass is 526 g/mol. The summed E-state index contributed by atoms with van der Waals surface area (Å²) in [5.74, 6) is -1.78. The molecule has 0 aliphatic carbocycles. The number of halogens is 2. The molecule has 0 radical (unpaired) electrons. The molecule has 0 aliphatic heterocycles. The Bertz CT molecular complexity index is 1110. The zero-order chi connectivity index (χ0) is 26.2. The van der Waals surface area contributed by atoms with Gasteiger partial charge in [0.25, 0.3) is 0 Å². The fraction of sp³-hybridized carbons (Fsp3) is 0.417. The fourth-order valence-electron chi connectivity index (χ4n) is 3.43. The first-order valence-electron chi connectivity index (χ1n) is 11.3. The number of nitrogens with one attached hydrogen (secondary N) is 1. The van der Waals surface area contributed by atoms with E-state index in [4.69, 9.17) is 11.6 Å². The van der Waals surface area contributed by atoms with E-state index < -0.39 is 34.5 Å². The van der Waals surface area contributed by atoms with E-state index in [1.54, 1.807) is 31.2 Å². The summed E-state index contributed by atoms with van der Waals surface area (Å²) in [5.41, 5.74) is 0.446. The summed E-state index contributed by atoms with van der Waals surface area (Å²) in [4.78, 5) is 27.9. The van der Waals surface area contributed by atoms with Crippen molar-refractivity contribution in [1.82, 2.24) is 14.5 Å². The number of benzene rings is 2. The van der Waals surface area contributed by atoms with Gasteiger partial charge in [0.1, 0.15) is 18.4 Å². The van der Waals surface area contributed by atoms with E-state index in [2.05, 4.69) is 5.32 Å². The van der Waals surface area contributed by atoms with Crippen molar-refractivity contribution < 1.29 is 22.4 Å². The number of hydrogen-bond acceptors (Lipinski definition) is 4. The van der Waals surface area contributed by atoms with E-state index in [0.29, 0.717) is 23.6 Å². The third-order valence-corrected chi connectivity index (χ3v) is 7.40. The molecule has 2 aromatic carbocycles. The average molecular weight is 527 g/mol. The molecule has 0 aliphatic rings. The van der Waals surface area contributed by atoms with E-state index in [0.717, 1.165) is 21.1 Å². The van der Waals surface area contributed by atoms with Gasteiger partial charge in [0.05, 0.1) is 5.69 Å². The van der Waals surface area contributed by atoms with Crippen LogP contribution >= 0.6 is 11.6 Å². The number of anilines is 1. The van der Waals surface area contributed by atoms with Crippen molar-refractivity contribution in [2.75, 3.05) is 31.5 Å². The lowest BCUT2D eigenvalue weighted by Crippen LogP contribution is -2.53. The van der Waals surface area contributed by atoms with E-state index in [1.807, 2.05) is 6.92 Å². The Hall–Kier alpha value is -2.69. The number of para-hydroxylation sites is 1. The Labute approximate surface area is 211 Å². The van der Waals surface area contributed by atoms with Crippen LogP contribution in [0.15, 0.2) is 48.5 Å². The molecule has 0 heterocycles. The van der Waals surface area contributed by atoms with E-state index in [9.17, 15) is 22.4 Å². The predicted octanol–water partition coefficient (Wildman–Crippen LogP) is 3.43. The summed E-state index contributed by atoms with van der Waals surface area (Å²) in [6, 6.07) is 11.3. The minimum Gasteiger partial charge on any atom is -0.354 e. The van der Waals surface area contributed by atoms with Crippen LogP contribution < -0.4 is 9.62 Å². The molecule has 0 aromatic heterocycles. The van der Waals surface area contributed by atoms with Crippen LogP contribution in [0.4, 0.5) is 10.1 Å². The lowest BCUT2D eigenvalue weighted by Gasteiger charge is -2.34. The van der Waals surface area contributed by atoms with Crippen LogP contribution in [0.5, 0.6) is 0 Å². The molecule has 0 spiro atoms. The normalized spacial score (nSPS) is 12.3. The topological polar surface area (TPSA) is 90.0 Å². The van der Waals surface area contributed by atoms with Crippen LogP contribution in [0.3, 0.4) is 0 Å². The van der Waals surface area contributed by atoms with Gasteiger partial charge < -0.3 is 10.2 Å². The molecule has 0 saturated carbocycles. The summed E-state index contributed by atoms with van der Waals surface area (Å²) in [6.45, 7) is 3.47. The van der Waals surface area contributed by atoms with Crippen molar-refractivity contribution in [3.8, 4) is 0 Å². The molecule has 2 rings (SSSR count). The Balaban J connectivity index is 2.49. The van der Waals surface area contributed by atoms with E-state index in [1.165, 1.54) is 37.2 Å². The summed E-state index contributed by atoms with van der Waals surface area (Å²) in [6.07, 6.45) is 1.02. The van der Waals surface area contributed by atoms with Gasteiger partial charge in [-0.2, -0.15) is 12.7 Å². The van der Waals surface area contributed by atoms with E-state index >= 15 is 0 Å². The third-order valence-electron chi connectivity index (χ3n) is 5.34. The van der Waals surface area contributed by atoms with Crippen LogP contribution in [-0.2, 0) is 26.3 Å². The maximum atomic E-state index is 14.6. The van der Waals surface area contributed by atoms with Crippen molar-refractivity contribution >= 4 is 39.3 Å². The molecule has 192 valence electrons. The number of rotatable bonds is 12. The van der Waals surface area contributed by atoms with E-state index in [-0.39, 0.29) is 18.1 Å². The molecule has 35 heavy (non-hydrogen) atoms.